The highest BCUT2D eigenvalue weighted by Crippen LogP contribution is 2.32. The lowest BCUT2D eigenvalue weighted by atomic mass is 10.1. The van der Waals surface area contributed by atoms with Crippen LogP contribution in [0, 0.1) is 24.1 Å². The van der Waals surface area contributed by atoms with Crippen LogP contribution in [-0.4, -0.2) is 18.2 Å². The van der Waals surface area contributed by atoms with Crippen molar-refractivity contribution in [2.75, 3.05) is 18.0 Å². The summed E-state index contributed by atoms with van der Waals surface area (Å²) in [5.74, 6) is 2.91. The van der Waals surface area contributed by atoms with Gasteiger partial charge in [0, 0.05) is 6.54 Å². The van der Waals surface area contributed by atoms with E-state index in [1.165, 1.54) is 18.9 Å². The average Bonchev–Trinajstić information content (AvgIpc) is 3.12. The van der Waals surface area contributed by atoms with Crippen molar-refractivity contribution >= 4 is 5.69 Å². The second-order valence-corrected chi connectivity index (χ2v) is 4.91. The number of halogens is 1. The van der Waals surface area contributed by atoms with Crippen LogP contribution in [0.5, 0.6) is 0 Å². The molecule has 1 atom stereocenters. The predicted molar refractivity (Wildman–Crippen MR) is 70.8 cm³/mol. The van der Waals surface area contributed by atoms with Gasteiger partial charge in [0.1, 0.15) is 5.82 Å². The number of aliphatic hydroxyl groups excluding tert-OH is 1. The van der Waals surface area contributed by atoms with Gasteiger partial charge in [0.15, 0.2) is 0 Å². The number of nitrogens with zero attached hydrogens (tertiary/aromatic N) is 1. The third kappa shape index (κ3) is 3.02. The first kappa shape index (κ1) is 12.9. The van der Waals surface area contributed by atoms with Crippen LogP contribution in [0.15, 0.2) is 18.2 Å². The van der Waals surface area contributed by atoms with Gasteiger partial charge in [-0.2, -0.15) is 0 Å². The van der Waals surface area contributed by atoms with Gasteiger partial charge < -0.3 is 10.0 Å². The highest BCUT2D eigenvalue weighted by Gasteiger charge is 2.25. The maximum atomic E-state index is 14.0. The molecule has 18 heavy (non-hydrogen) atoms. The second kappa shape index (κ2) is 5.41. The zero-order valence-corrected chi connectivity index (χ0v) is 10.6. The monoisotopic (exact) mass is 247 g/mol. The van der Waals surface area contributed by atoms with Crippen LogP contribution in [0.4, 0.5) is 10.1 Å². The Morgan fingerprint density at radius 2 is 2.28 bits per heavy atom. The minimum absolute atomic E-state index is 0.315. The summed E-state index contributed by atoms with van der Waals surface area (Å²) in [6, 6.07) is 4.84. The van der Waals surface area contributed by atoms with E-state index in [-0.39, 0.29) is 5.82 Å². The molecule has 0 amide bonds. The number of hydrogen-bond acceptors (Lipinski definition) is 2. The van der Waals surface area contributed by atoms with Crippen molar-refractivity contribution in [2.45, 2.75) is 25.9 Å². The maximum absolute atomic E-state index is 14.0. The summed E-state index contributed by atoms with van der Waals surface area (Å²) in [4.78, 5) is 1.90. The van der Waals surface area contributed by atoms with Gasteiger partial charge >= 0.3 is 0 Å². The highest BCUT2D eigenvalue weighted by atomic mass is 19.1. The van der Waals surface area contributed by atoms with Crippen LogP contribution < -0.4 is 4.90 Å². The van der Waals surface area contributed by atoms with Gasteiger partial charge in [-0.25, -0.2) is 4.39 Å². The van der Waals surface area contributed by atoms with Crippen LogP contribution >= 0.6 is 0 Å². The first-order chi connectivity index (χ1) is 8.61. The van der Waals surface area contributed by atoms with E-state index in [1.807, 2.05) is 4.90 Å². The lowest BCUT2D eigenvalue weighted by Gasteiger charge is -2.23. The summed E-state index contributed by atoms with van der Waals surface area (Å²) in [5, 5.41) is 9.42. The average molecular weight is 247 g/mol. The third-order valence-corrected chi connectivity index (χ3v) is 3.25. The summed E-state index contributed by atoms with van der Waals surface area (Å²) >= 11 is 0. The molecule has 0 aliphatic heterocycles. The third-order valence-electron chi connectivity index (χ3n) is 3.25. The van der Waals surface area contributed by atoms with Crippen molar-refractivity contribution in [3.8, 4) is 12.3 Å². The lowest BCUT2D eigenvalue weighted by molar-refractivity contribution is 0.199. The smallest absolute Gasteiger partial charge is 0.146 e. The molecule has 1 N–H and O–H groups in total. The van der Waals surface area contributed by atoms with E-state index in [4.69, 9.17) is 6.42 Å². The molecule has 1 aromatic rings. The number of terminal acetylenes is 1. The zero-order valence-electron chi connectivity index (χ0n) is 10.6. The van der Waals surface area contributed by atoms with E-state index in [2.05, 4.69) is 5.92 Å². The molecule has 0 spiro atoms. The summed E-state index contributed by atoms with van der Waals surface area (Å²) in [5.41, 5.74) is 1.12. The molecule has 0 bridgehead atoms. The SMILES string of the molecule is C#CCN(CC1CC1)c1ccc([C@H](C)O)cc1F. The Kier molecular flexibility index (Phi) is 3.88. The molecule has 1 aliphatic rings. The van der Waals surface area contributed by atoms with Crippen molar-refractivity contribution in [2.24, 2.45) is 5.92 Å². The Morgan fingerprint density at radius 1 is 1.56 bits per heavy atom. The molecule has 0 heterocycles. The van der Waals surface area contributed by atoms with Gasteiger partial charge in [-0.15, -0.1) is 6.42 Å². The topological polar surface area (TPSA) is 23.5 Å². The highest BCUT2D eigenvalue weighted by molar-refractivity contribution is 5.50. The molecule has 1 aromatic carbocycles. The molecule has 1 fully saturated rings. The molecule has 96 valence electrons. The van der Waals surface area contributed by atoms with E-state index >= 15 is 0 Å². The van der Waals surface area contributed by atoms with E-state index < -0.39 is 6.10 Å². The Hall–Kier alpha value is -1.53. The van der Waals surface area contributed by atoms with E-state index in [1.54, 1.807) is 19.1 Å². The minimum Gasteiger partial charge on any atom is -0.389 e. The van der Waals surface area contributed by atoms with Crippen LogP contribution in [0.2, 0.25) is 0 Å². The van der Waals surface area contributed by atoms with Crippen LogP contribution in [0.25, 0.3) is 0 Å². The molecule has 0 radical (unpaired) electrons. The zero-order chi connectivity index (χ0) is 13.1. The molecule has 0 aromatic heterocycles. The Labute approximate surface area is 107 Å². The molecule has 1 saturated carbocycles. The summed E-state index contributed by atoms with van der Waals surface area (Å²) < 4.78 is 14.0. The van der Waals surface area contributed by atoms with Crippen molar-refractivity contribution in [3.05, 3.63) is 29.6 Å². The fraction of sp³-hybridized carbons (Fsp3) is 0.467. The van der Waals surface area contributed by atoms with Gasteiger partial charge in [0.05, 0.1) is 18.3 Å². The largest absolute Gasteiger partial charge is 0.389 e. The van der Waals surface area contributed by atoms with Gasteiger partial charge in [-0.3, -0.25) is 0 Å². The van der Waals surface area contributed by atoms with Crippen molar-refractivity contribution < 1.29 is 9.50 Å². The Morgan fingerprint density at radius 3 is 2.78 bits per heavy atom. The molecular formula is C15H18FNO. The molecule has 2 nitrogen and oxygen atoms in total. The fourth-order valence-corrected chi connectivity index (χ4v) is 2.01. The van der Waals surface area contributed by atoms with Crippen molar-refractivity contribution in [1.82, 2.24) is 0 Å². The van der Waals surface area contributed by atoms with Gasteiger partial charge in [0.25, 0.3) is 0 Å². The van der Waals surface area contributed by atoms with E-state index in [0.717, 1.165) is 6.54 Å². The minimum atomic E-state index is -0.655. The number of aliphatic hydroxyl groups is 1. The Balaban J connectivity index is 2.20. The Bertz CT molecular complexity index is 460. The molecule has 3 heteroatoms. The quantitative estimate of drug-likeness (QED) is 0.809. The molecule has 0 saturated heterocycles. The number of hydrogen-bond donors (Lipinski definition) is 1. The van der Waals surface area contributed by atoms with Crippen molar-refractivity contribution in [3.63, 3.8) is 0 Å². The van der Waals surface area contributed by atoms with E-state index in [9.17, 15) is 9.50 Å². The molecule has 0 unspecified atom stereocenters. The number of rotatable bonds is 5. The predicted octanol–water partition coefficient (Wildman–Crippen LogP) is 2.73. The van der Waals surface area contributed by atoms with Crippen molar-refractivity contribution in [1.29, 1.82) is 0 Å². The fourth-order valence-electron chi connectivity index (χ4n) is 2.01. The summed E-state index contributed by atoms with van der Waals surface area (Å²) in [6.45, 7) is 2.86. The molecule has 1 aliphatic carbocycles. The first-order valence-electron chi connectivity index (χ1n) is 6.27. The first-order valence-corrected chi connectivity index (χ1v) is 6.27. The lowest BCUT2D eigenvalue weighted by Crippen LogP contribution is -2.27. The maximum Gasteiger partial charge on any atom is 0.146 e. The second-order valence-electron chi connectivity index (χ2n) is 4.91. The normalized spacial score (nSPS) is 16.1. The van der Waals surface area contributed by atoms with Gasteiger partial charge in [-0.05, 0) is 43.4 Å². The standard InChI is InChI=1S/C15H18FNO/c1-3-8-17(10-12-4-5-12)15-7-6-13(11(2)18)9-14(15)16/h1,6-7,9,11-12,18H,4-5,8,10H2,2H3/t11-/m0/s1. The molecule has 2 rings (SSSR count). The summed E-state index contributed by atoms with van der Waals surface area (Å²) in [6.07, 6.45) is 7.09. The van der Waals surface area contributed by atoms with Crippen LogP contribution in [0.1, 0.15) is 31.4 Å². The van der Waals surface area contributed by atoms with Gasteiger partial charge in [0.2, 0.25) is 0 Å². The molecular weight excluding hydrogens is 229 g/mol. The van der Waals surface area contributed by atoms with Crippen LogP contribution in [0.3, 0.4) is 0 Å². The van der Waals surface area contributed by atoms with Gasteiger partial charge in [-0.1, -0.05) is 12.0 Å². The van der Waals surface area contributed by atoms with Crippen LogP contribution in [-0.2, 0) is 0 Å². The summed E-state index contributed by atoms with van der Waals surface area (Å²) in [7, 11) is 0. The van der Waals surface area contributed by atoms with E-state index in [0.29, 0.717) is 23.7 Å². The number of anilines is 1. The number of benzene rings is 1.